The summed E-state index contributed by atoms with van der Waals surface area (Å²) in [5, 5.41) is 2.84. The van der Waals surface area contributed by atoms with Crippen LogP contribution in [-0.4, -0.2) is 37.1 Å². The molecule has 0 spiro atoms. The molecule has 1 atom stereocenters. The van der Waals surface area contributed by atoms with Gasteiger partial charge in [-0.15, -0.1) is 0 Å². The third-order valence-electron chi connectivity index (χ3n) is 5.36. The number of benzene rings is 3. The standard InChI is InChI=1S/C29H31NO5/c1-18-7-6-8-23(11-18)28(32)34-16-26(30-27(31)24-12-19(2)9-20(3)13-24)17-35-29(33)25-14-21(4)10-22(5)15-25/h6-15,26H,16-17H2,1-5H3,(H,30,31). The molecule has 182 valence electrons. The van der Waals surface area contributed by atoms with E-state index in [0.29, 0.717) is 16.7 Å². The molecule has 1 N–H and O–H groups in total. The average Bonchev–Trinajstić information content (AvgIpc) is 2.79. The van der Waals surface area contributed by atoms with Crippen LogP contribution >= 0.6 is 0 Å². The molecule has 3 aromatic carbocycles. The third-order valence-corrected chi connectivity index (χ3v) is 5.36. The summed E-state index contributed by atoms with van der Waals surface area (Å²) in [4.78, 5) is 38.1. The lowest BCUT2D eigenvalue weighted by Gasteiger charge is -2.19. The lowest BCUT2D eigenvalue weighted by molar-refractivity contribution is 0.0308. The van der Waals surface area contributed by atoms with Gasteiger partial charge in [0, 0.05) is 5.56 Å². The topological polar surface area (TPSA) is 81.7 Å². The van der Waals surface area contributed by atoms with Gasteiger partial charge in [0.15, 0.2) is 0 Å². The summed E-state index contributed by atoms with van der Waals surface area (Å²) in [5.41, 5.74) is 6.07. The molecule has 6 nitrogen and oxygen atoms in total. The molecule has 1 amide bonds. The molecule has 0 aliphatic heterocycles. The van der Waals surface area contributed by atoms with Crippen LogP contribution in [0.5, 0.6) is 0 Å². The predicted molar refractivity (Wildman–Crippen MR) is 135 cm³/mol. The lowest BCUT2D eigenvalue weighted by Crippen LogP contribution is -2.42. The summed E-state index contributed by atoms with van der Waals surface area (Å²) >= 11 is 0. The highest BCUT2D eigenvalue weighted by Crippen LogP contribution is 2.12. The van der Waals surface area contributed by atoms with Crippen LogP contribution < -0.4 is 5.32 Å². The van der Waals surface area contributed by atoms with Crippen molar-refractivity contribution < 1.29 is 23.9 Å². The van der Waals surface area contributed by atoms with Crippen LogP contribution in [-0.2, 0) is 9.47 Å². The second-order valence-corrected chi connectivity index (χ2v) is 8.99. The van der Waals surface area contributed by atoms with E-state index in [-0.39, 0.29) is 19.1 Å². The fraction of sp³-hybridized carbons (Fsp3) is 0.276. The highest BCUT2D eigenvalue weighted by Gasteiger charge is 2.20. The van der Waals surface area contributed by atoms with Crippen molar-refractivity contribution in [2.24, 2.45) is 0 Å². The van der Waals surface area contributed by atoms with Gasteiger partial charge in [-0.1, -0.05) is 52.1 Å². The van der Waals surface area contributed by atoms with Crippen LogP contribution in [0.1, 0.15) is 58.9 Å². The summed E-state index contributed by atoms with van der Waals surface area (Å²) in [5.74, 6) is -1.36. The molecule has 0 aromatic heterocycles. The number of hydrogen-bond donors (Lipinski definition) is 1. The van der Waals surface area contributed by atoms with Crippen molar-refractivity contribution >= 4 is 17.8 Å². The number of amides is 1. The fourth-order valence-electron chi connectivity index (χ4n) is 3.89. The molecule has 6 heteroatoms. The summed E-state index contributed by atoms with van der Waals surface area (Å²) in [6.07, 6.45) is 0. The van der Waals surface area contributed by atoms with E-state index in [1.54, 1.807) is 42.5 Å². The first-order valence-corrected chi connectivity index (χ1v) is 11.5. The molecule has 0 bridgehead atoms. The van der Waals surface area contributed by atoms with E-state index >= 15 is 0 Å². The maximum absolute atomic E-state index is 12.9. The maximum Gasteiger partial charge on any atom is 0.338 e. The van der Waals surface area contributed by atoms with Crippen molar-refractivity contribution in [1.29, 1.82) is 0 Å². The third kappa shape index (κ3) is 7.54. The number of esters is 2. The first-order chi connectivity index (χ1) is 16.6. The van der Waals surface area contributed by atoms with E-state index in [0.717, 1.165) is 27.8 Å². The zero-order chi connectivity index (χ0) is 25.5. The molecular weight excluding hydrogens is 442 g/mol. The Morgan fingerprint density at radius 2 is 1.09 bits per heavy atom. The number of rotatable bonds is 8. The molecule has 0 saturated carbocycles. The molecule has 3 aromatic rings. The Kier molecular flexibility index (Phi) is 8.42. The minimum absolute atomic E-state index is 0.149. The van der Waals surface area contributed by atoms with Gasteiger partial charge < -0.3 is 14.8 Å². The number of aryl methyl sites for hydroxylation is 5. The van der Waals surface area contributed by atoms with Crippen molar-refractivity contribution in [1.82, 2.24) is 5.32 Å². The van der Waals surface area contributed by atoms with Crippen LogP contribution in [0.15, 0.2) is 60.7 Å². The monoisotopic (exact) mass is 473 g/mol. The van der Waals surface area contributed by atoms with Gasteiger partial charge in [-0.2, -0.15) is 0 Å². The molecule has 0 aliphatic rings. The van der Waals surface area contributed by atoms with Crippen molar-refractivity contribution in [3.05, 3.63) is 105 Å². The fourth-order valence-corrected chi connectivity index (χ4v) is 3.89. The van der Waals surface area contributed by atoms with E-state index < -0.39 is 18.0 Å². The zero-order valence-electron chi connectivity index (χ0n) is 20.8. The summed E-state index contributed by atoms with van der Waals surface area (Å²) in [7, 11) is 0. The zero-order valence-corrected chi connectivity index (χ0v) is 20.8. The van der Waals surface area contributed by atoms with Gasteiger partial charge in [-0.3, -0.25) is 4.79 Å². The predicted octanol–water partition coefficient (Wildman–Crippen LogP) is 5.04. The van der Waals surface area contributed by atoms with Crippen molar-refractivity contribution in [2.45, 2.75) is 40.7 Å². The number of nitrogens with one attached hydrogen (secondary N) is 1. The Morgan fingerprint density at radius 3 is 1.60 bits per heavy atom. The van der Waals surface area contributed by atoms with E-state index in [9.17, 15) is 14.4 Å². The molecule has 0 radical (unpaired) electrons. The first kappa shape index (κ1) is 25.7. The summed E-state index contributed by atoms with van der Waals surface area (Å²) in [6.45, 7) is 9.22. The molecule has 0 aliphatic carbocycles. The Labute approximate surface area is 206 Å². The highest BCUT2D eigenvalue weighted by molar-refractivity contribution is 5.95. The Hall–Kier alpha value is -3.93. The smallest absolute Gasteiger partial charge is 0.338 e. The lowest BCUT2D eigenvalue weighted by atomic mass is 10.1. The highest BCUT2D eigenvalue weighted by atomic mass is 16.5. The van der Waals surface area contributed by atoms with Crippen LogP contribution in [0.25, 0.3) is 0 Å². The Morgan fingerprint density at radius 1 is 0.629 bits per heavy atom. The molecule has 0 saturated heterocycles. The minimum atomic E-state index is -0.730. The maximum atomic E-state index is 12.9. The molecule has 1 unspecified atom stereocenters. The van der Waals surface area contributed by atoms with E-state index in [4.69, 9.17) is 9.47 Å². The Bertz CT molecular complexity index is 1210. The second-order valence-electron chi connectivity index (χ2n) is 8.99. The SMILES string of the molecule is Cc1cc(C)cc(C(=O)NC(COC(=O)c2cccc(C)c2)COC(=O)c2cc(C)cc(C)c2)c1. The van der Waals surface area contributed by atoms with Crippen LogP contribution in [0, 0.1) is 34.6 Å². The summed E-state index contributed by atoms with van der Waals surface area (Å²) < 4.78 is 11.0. The van der Waals surface area contributed by atoms with E-state index in [2.05, 4.69) is 5.32 Å². The second kappa shape index (κ2) is 11.5. The first-order valence-electron chi connectivity index (χ1n) is 11.5. The molecule has 0 heterocycles. The number of hydrogen-bond acceptors (Lipinski definition) is 5. The van der Waals surface area contributed by atoms with Gasteiger partial charge in [0.25, 0.3) is 5.91 Å². The minimum Gasteiger partial charge on any atom is -0.460 e. The average molecular weight is 474 g/mol. The van der Waals surface area contributed by atoms with Gasteiger partial charge >= 0.3 is 11.9 Å². The largest absolute Gasteiger partial charge is 0.460 e. The summed E-state index contributed by atoms with van der Waals surface area (Å²) in [6, 6.07) is 17.3. The molecule has 3 rings (SSSR count). The number of carbonyl (C=O) groups excluding carboxylic acids is 3. The number of carbonyl (C=O) groups is 3. The normalized spacial score (nSPS) is 11.5. The number of ether oxygens (including phenoxy) is 2. The van der Waals surface area contributed by atoms with Crippen molar-refractivity contribution in [2.75, 3.05) is 13.2 Å². The van der Waals surface area contributed by atoms with Crippen molar-refractivity contribution in [3.63, 3.8) is 0 Å². The molecule has 35 heavy (non-hydrogen) atoms. The van der Waals surface area contributed by atoms with Gasteiger partial charge in [0.1, 0.15) is 13.2 Å². The quantitative estimate of drug-likeness (QED) is 0.464. The van der Waals surface area contributed by atoms with Crippen LogP contribution in [0.2, 0.25) is 0 Å². The van der Waals surface area contributed by atoms with Gasteiger partial charge in [-0.05, 0) is 71.0 Å². The van der Waals surface area contributed by atoms with Crippen molar-refractivity contribution in [3.8, 4) is 0 Å². The molecular formula is C29H31NO5. The Balaban J connectivity index is 1.72. The van der Waals surface area contributed by atoms with Gasteiger partial charge in [-0.25, -0.2) is 9.59 Å². The van der Waals surface area contributed by atoms with E-state index in [1.807, 2.05) is 52.8 Å². The van der Waals surface area contributed by atoms with E-state index in [1.165, 1.54) is 0 Å². The van der Waals surface area contributed by atoms with Crippen LogP contribution in [0.4, 0.5) is 0 Å². The van der Waals surface area contributed by atoms with Gasteiger partial charge in [0.05, 0.1) is 17.2 Å². The van der Waals surface area contributed by atoms with Crippen LogP contribution in [0.3, 0.4) is 0 Å². The van der Waals surface area contributed by atoms with Gasteiger partial charge in [0.2, 0.25) is 0 Å². The molecule has 0 fully saturated rings.